The second kappa shape index (κ2) is 6.52. The van der Waals surface area contributed by atoms with Gasteiger partial charge in [0.05, 0.1) is 0 Å². The third-order valence-electron chi connectivity index (χ3n) is 3.78. The molecule has 1 fully saturated rings. The summed E-state index contributed by atoms with van der Waals surface area (Å²) in [6, 6.07) is 0.416. The van der Waals surface area contributed by atoms with E-state index < -0.39 is 5.60 Å². The van der Waals surface area contributed by atoms with Gasteiger partial charge in [0, 0.05) is 30.7 Å². The molecule has 0 bridgehead atoms. The van der Waals surface area contributed by atoms with E-state index in [1.807, 2.05) is 27.7 Å². The zero-order valence-electron chi connectivity index (χ0n) is 13.4. The summed E-state index contributed by atoms with van der Waals surface area (Å²) in [5, 5.41) is 9.67. The van der Waals surface area contributed by atoms with Crippen molar-refractivity contribution in [3.05, 3.63) is 23.9 Å². The van der Waals surface area contributed by atoms with E-state index in [2.05, 4.69) is 34.3 Å². The number of nitrogens with one attached hydrogen (secondary N) is 3. The van der Waals surface area contributed by atoms with Crippen LogP contribution in [0.2, 0.25) is 0 Å². The van der Waals surface area contributed by atoms with Crippen molar-refractivity contribution in [1.29, 1.82) is 0 Å². The summed E-state index contributed by atoms with van der Waals surface area (Å²) in [7, 11) is 0. The van der Waals surface area contributed by atoms with Gasteiger partial charge in [0.1, 0.15) is 5.60 Å². The van der Waals surface area contributed by atoms with Crippen LogP contribution in [-0.2, 0) is 4.74 Å². The lowest BCUT2D eigenvalue weighted by Crippen LogP contribution is -2.55. The van der Waals surface area contributed by atoms with Gasteiger partial charge in [-0.1, -0.05) is 12.2 Å². The van der Waals surface area contributed by atoms with Gasteiger partial charge >= 0.3 is 6.09 Å². The van der Waals surface area contributed by atoms with Gasteiger partial charge in [0.25, 0.3) is 0 Å². The molecule has 0 radical (unpaired) electrons. The topological polar surface area (TPSA) is 62.4 Å². The second-order valence-corrected chi connectivity index (χ2v) is 6.76. The summed E-state index contributed by atoms with van der Waals surface area (Å²) in [5.41, 5.74) is 0.751. The number of amides is 1. The van der Waals surface area contributed by atoms with Crippen molar-refractivity contribution in [2.75, 3.05) is 13.1 Å². The van der Waals surface area contributed by atoms with Crippen LogP contribution in [0.3, 0.4) is 0 Å². The highest BCUT2D eigenvalue weighted by Gasteiger charge is 2.34. The molecule has 2 heterocycles. The number of carbonyl (C=O) groups is 1. The van der Waals surface area contributed by atoms with Gasteiger partial charge in [-0.3, -0.25) is 0 Å². The maximum atomic E-state index is 12.0. The van der Waals surface area contributed by atoms with Crippen molar-refractivity contribution in [1.82, 2.24) is 16.0 Å². The minimum atomic E-state index is -0.473. The van der Waals surface area contributed by atoms with Gasteiger partial charge in [-0.25, -0.2) is 4.79 Å². The Balaban J connectivity index is 2.01. The number of ether oxygens (including phenoxy) is 1. The fourth-order valence-corrected chi connectivity index (χ4v) is 2.77. The predicted molar refractivity (Wildman–Crippen MR) is 84.0 cm³/mol. The lowest BCUT2D eigenvalue weighted by atomic mass is 9.80. The van der Waals surface area contributed by atoms with Crippen molar-refractivity contribution in [2.24, 2.45) is 5.92 Å². The van der Waals surface area contributed by atoms with E-state index in [1.165, 1.54) is 5.57 Å². The lowest BCUT2D eigenvalue weighted by Gasteiger charge is -2.40. The van der Waals surface area contributed by atoms with Gasteiger partial charge < -0.3 is 20.7 Å². The summed E-state index contributed by atoms with van der Waals surface area (Å²) < 4.78 is 5.35. The van der Waals surface area contributed by atoms with Crippen LogP contribution in [0.5, 0.6) is 0 Å². The largest absolute Gasteiger partial charge is 0.444 e. The summed E-state index contributed by atoms with van der Waals surface area (Å²) >= 11 is 0. The molecule has 0 spiro atoms. The van der Waals surface area contributed by atoms with Crippen molar-refractivity contribution in [3.63, 3.8) is 0 Å². The van der Waals surface area contributed by atoms with Crippen LogP contribution in [-0.4, -0.2) is 36.9 Å². The molecule has 1 amide bonds. The summed E-state index contributed by atoms with van der Waals surface area (Å²) in [4.78, 5) is 12.0. The van der Waals surface area contributed by atoms with Gasteiger partial charge in [-0.2, -0.15) is 0 Å². The fourth-order valence-electron chi connectivity index (χ4n) is 2.77. The highest BCUT2D eigenvalue weighted by molar-refractivity contribution is 5.68. The Bertz CT molecular complexity index is 433. The molecule has 1 saturated heterocycles. The van der Waals surface area contributed by atoms with Crippen molar-refractivity contribution in [2.45, 2.75) is 51.8 Å². The number of dihydropyridines is 1. The van der Waals surface area contributed by atoms with E-state index >= 15 is 0 Å². The molecule has 2 aliphatic heterocycles. The molecule has 5 heteroatoms. The molecule has 2 rings (SSSR count). The summed E-state index contributed by atoms with van der Waals surface area (Å²) in [6.07, 6.45) is 7.09. The first kappa shape index (κ1) is 15.9. The van der Waals surface area contributed by atoms with E-state index in [1.54, 1.807) is 0 Å². The van der Waals surface area contributed by atoms with E-state index in [9.17, 15) is 4.79 Å². The van der Waals surface area contributed by atoms with Crippen molar-refractivity contribution >= 4 is 6.09 Å². The van der Waals surface area contributed by atoms with E-state index in [4.69, 9.17) is 4.74 Å². The number of allylic oxidation sites excluding steroid dienone is 1. The Morgan fingerprint density at radius 1 is 1.48 bits per heavy atom. The Kier molecular flexibility index (Phi) is 4.93. The predicted octanol–water partition coefficient (Wildman–Crippen LogP) is 1.92. The number of hydrogen-bond acceptors (Lipinski definition) is 4. The van der Waals surface area contributed by atoms with Gasteiger partial charge in [-0.15, -0.1) is 0 Å². The third-order valence-corrected chi connectivity index (χ3v) is 3.78. The fraction of sp³-hybridized carbons (Fsp3) is 0.688. The molecule has 0 aromatic rings. The number of alkyl carbamates (subject to hydrolysis) is 1. The number of rotatable bonds is 4. The molecular formula is C16H27N3O2. The molecule has 0 aromatic heterocycles. The van der Waals surface area contributed by atoms with Crippen LogP contribution in [0.25, 0.3) is 0 Å². The molecule has 5 nitrogen and oxygen atoms in total. The van der Waals surface area contributed by atoms with E-state index in [0.717, 1.165) is 19.5 Å². The zero-order valence-corrected chi connectivity index (χ0v) is 13.4. The number of hydrogen-bond donors (Lipinski definition) is 3. The van der Waals surface area contributed by atoms with Gasteiger partial charge in [0.2, 0.25) is 0 Å². The molecule has 0 aromatic carbocycles. The molecule has 2 aliphatic rings. The van der Waals surface area contributed by atoms with Crippen LogP contribution >= 0.6 is 0 Å². The van der Waals surface area contributed by atoms with Gasteiger partial charge in [0.15, 0.2) is 0 Å². The Morgan fingerprint density at radius 2 is 2.19 bits per heavy atom. The van der Waals surface area contributed by atoms with Crippen LogP contribution < -0.4 is 16.0 Å². The minimum absolute atomic E-state index is 0.00782. The smallest absolute Gasteiger partial charge is 0.407 e. The average Bonchev–Trinajstić information content (AvgIpc) is 2.31. The Morgan fingerprint density at radius 3 is 2.67 bits per heavy atom. The molecule has 3 unspecified atom stereocenters. The third kappa shape index (κ3) is 4.49. The first-order valence-corrected chi connectivity index (χ1v) is 7.70. The summed E-state index contributed by atoms with van der Waals surface area (Å²) in [5.74, 6) is 0.246. The van der Waals surface area contributed by atoms with Crippen LogP contribution in [0.4, 0.5) is 4.79 Å². The Hall–Kier alpha value is -1.49. The quantitative estimate of drug-likeness (QED) is 0.741. The number of carbonyl (C=O) groups excluding carboxylic acids is 1. The van der Waals surface area contributed by atoms with E-state index in [0.29, 0.717) is 6.04 Å². The molecular weight excluding hydrogens is 266 g/mol. The molecule has 0 aliphatic carbocycles. The molecule has 21 heavy (non-hydrogen) atoms. The first-order chi connectivity index (χ1) is 9.87. The van der Waals surface area contributed by atoms with Crippen LogP contribution in [0, 0.1) is 5.92 Å². The SMILES string of the molecule is CC(NC(=O)OC(C)(C)C)C(C1=CNCC=C1)C1CCN1. The second-order valence-electron chi connectivity index (χ2n) is 6.76. The van der Waals surface area contributed by atoms with Gasteiger partial charge in [-0.05, 0) is 46.2 Å². The Labute approximate surface area is 127 Å². The summed E-state index contributed by atoms with van der Waals surface area (Å²) in [6.45, 7) is 9.57. The van der Waals surface area contributed by atoms with Crippen molar-refractivity contribution < 1.29 is 9.53 Å². The average molecular weight is 293 g/mol. The molecule has 118 valence electrons. The maximum Gasteiger partial charge on any atom is 0.407 e. The minimum Gasteiger partial charge on any atom is -0.444 e. The lowest BCUT2D eigenvalue weighted by molar-refractivity contribution is 0.0486. The standard InChI is InChI=1S/C16H27N3O2/c1-11(19-15(20)21-16(2,3)4)14(13-7-9-18-13)12-6-5-8-17-10-12/h5-6,10-11,13-14,17-18H,7-9H2,1-4H3,(H,19,20). The first-order valence-electron chi connectivity index (χ1n) is 7.70. The van der Waals surface area contributed by atoms with Crippen LogP contribution in [0.15, 0.2) is 23.9 Å². The molecule has 0 saturated carbocycles. The van der Waals surface area contributed by atoms with Crippen molar-refractivity contribution in [3.8, 4) is 0 Å². The molecule has 3 N–H and O–H groups in total. The highest BCUT2D eigenvalue weighted by Crippen LogP contribution is 2.27. The molecule has 3 atom stereocenters. The zero-order chi connectivity index (χ0) is 15.5. The normalized spacial score (nSPS) is 24.2. The maximum absolute atomic E-state index is 12.0. The van der Waals surface area contributed by atoms with E-state index in [-0.39, 0.29) is 18.1 Å². The highest BCUT2D eigenvalue weighted by atomic mass is 16.6. The monoisotopic (exact) mass is 293 g/mol. The van der Waals surface area contributed by atoms with Crippen LogP contribution in [0.1, 0.15) is 34.1 Å².